The highest BCUT2D eigenvalue weighted by Crippen LogP contribution is 2.13. The fourth-order valence-electron chi connectivity index (χ4n) is 2.63. The highest BCUT2D eigenvalue weighted by atomic mass is 32.2. The standard InChI is InChI=1S/C15H22N6O3S/c1-19-7-9-20(10-8-19)15(22)16-5-11-25(23,24)18-13-3-6-21-14(12-13)2-4-17-21/h2-4,6,12,18H,5,7-11H2,1H3,(H,16,22). The van der Waals surface area contributed by atoms with Crippen LogP contribution in [0.3, 0.4) is 0 Å². The van der Waals surface area contributed by atoms with E-state index in [0.717, 1.165) is 18.6 Å². The molecule has 0 bridgehead atoms. The van der Waals surface area contributed by atoms with E-state index >= 15 is 0 Å². The molecule has 2 aromatic rings. The number of carbonyl (C=O) groups excluding carboxylic acids is 1. The molecule has 1 saturated heterocycles. The number of nitrogens with one attached hydrogen (secondary N) is 2. The second kappa shape index (κ2) is 7.28. The molecule has 3 rings (SSSR count). The molecule has 1 fully saturated rings. The van der Waals surface area contributed by atoms with Crippen molar-refractivity contribution in [2.75, 3.05) is 50.2 Å². The lowest BCUT2D eigenvalue weighted by atomic mass is 10.3. The largest absolute Gasteiger partial charge is 0.337 e. The highest BCUT2D eigenvalue weighted by Gasteiger charge is 2.19. The van der Waals surface area contributed by atoms with Crippen molar-refractivity contribution in [3.8, 4) is 0 Å². The fourth-order valence-corrected chi connectivity index (χ4v) is 3.59. The first-order valence-electron chi connectivity index (χ1n) is 8.08. The van der Waals surface area contributed by atoms with Crippen molar-refractivity contribution >= 4 is 27.3 Å². The van der Waals surface area contributed by atoms with E-state index in [1.165, 1.54) is 0 Å². The Morgan fingerprint density at radius 1 is 1.24 bits per heavy atom. The SMILES string of the molecule is CN1CCN(C(=O)NCCS(=O)(=O)Nc2ccn3nccc3c2)CC1. The number of anilines is 1. The molecule has 1 aliphatic rings. The zero-order valence-corrected chi connectivity index (χ0v) is 14.9. The Bertz CT molecular complexity index is 842. The topological polar surface area (TPSA) is 99.0 Å². The molecule has 9 nitrogen and oxygen atoms in total. The first-order valence-corrected chi connectivity index (χ1v) is 9.73. The van der Waals surface area contributed by atoms with Crippen molar-refractivity contribution in [1.82, 2.24) is 24.7 Å². The molecule has 136 valence electrons. The number of nitrogens with zero attached hydrogens (tertiary/aromatic N) is 4. The van der Waals surface area contributed by atoms with Gasteiger partial charge in [-0.05, 0) is 25.2 Å². The molecule has 10 heteroatoms. The molecule has 0 spiro atoms. The monoisotopic (exact) mass is 366 g/mol. The Hall–Kier alpha value is -2.33. The Kier molecular flexibility index (Phi) is 5.09. The van der Waals surface area contributed by atoms with Crippen LogP contribution in [-0.2, 0) is 10.0 Å². The van der Waals surface area contributed by atoms with Gasteiger partial charge in [0.25, 0.3) is 0 Å². The molecule has 0 saturated carbocycles. The van der Waals surface area contributed by atoms with Crippen molar-refractivity contribution in [2.24, 2.45) is 0 Å². The number of sulfonamides is 1. The third-order valence-corrected chi connectivity index (χ3v) is 5.40. The van der Waals surface area contributed by atoms with Crippen molar-refractivity contribution in [3.63, 3.8) is 0 Å². The van der Waals surface area contributed by atoms with Gasteiger partial charge in [0.2, 0.25) is 10.0 Å². The van der Waals surface area contributed by atoms with E-state index in [9.17, 15) is 13.2 Å². The van der Waals surface area contributed by atoms with E-state index < -0.39 is 10.0 Å². The number of hydrogen-bond acceptors (Lipinski definition) is 5. The number of piperazine rings is 1. The molecule has 0 aromatic carbocycles. The van der Waals surface area contributed by atoms with E-state index in [-0.39, 0.29) is 18.3 Å². The van der Waals surface area contributed by atoms with Crippen molar-refractivity contribution in [1.29, 1.82) is 0 Å². The normalized spacial score (nSPS) is 16.1. The fraction of sp³-hybridized carbons (Fsp3) is 0.467. The third kappa shape index (κ3) is 4.60. The molecule has 1 aliphatic heterocycles. The maximum absolute atomic E-state index is 12.2. The van der Waals surface area contributed by atoms with Gasteiger partial charge in [-0.25, -0.2) is 17.7 Å². The van der Waals surface area contributed by atoms with Gasteiger partial charge in [0, 0.05) is 45.1 Å². The van der Waals surface area contributed by atoms with Gasteiger partial charge < -0.3 is 15.1 Å². The molecule has 0 aliphatic carbocycles. The third-order valence-electron chi connectivity index (χ3n) is 4.11. The van der Waals surface area contributed by atoms with Gasteiger partial charge in [-0.3, -0.25) is 4.72 Å². The van der Waals surface area contributed by atoms with E-state index in [0.29, 0.717) is 18.8 Å². The Morgan fingerprint density at radius 3 is 2.76 bits per heavy atom. The molecule has 2 aromatic heterocycles. The highest BCUT2D eigenvalue weighted by molar-refractivity contribution is 7.92. The second-order valence-corrected chi connectivity index (χ2v) is 7.90. The van der Waals surface area contributed by atoms with Gasteiger partial charge in [0.05, 0.1) is 17.0 Å². The Morgan fingerprint density at radius 2 is 2.00 bits per heavy atom. The van der Waals surface area contributed by atoms with Gasteiger partial charge >= 0.3 is 6.03 Å². The minimum absolute atomic E-state index is 0.0649. The molecule has 0 radical (unpaired) electrons. The molecular weight excluding hydrogens is 344 g/mol. The minimum Gasteiger partial charge on any atom is -0.337 e. The lowest BCUT2D eigenvalue weighted by Crippen LogP contribution is -2.51. The van der Waals surface area contributed by atoms with Crippen molar-refractivity contribution in [2.45, 2.75) is 0 Å². The molecule has 0 unspecified atom stereocenters. The molecule has 0 atom stereocenters. The molecule has 2 amide bonds. The zero-order valence-electron chi connectivity index (χ0n) is 14.1. The summed E-state index contributed by atoms with van der Waals surface area (Å²) in [4.78, 5) is 15.9. The average Bonchev–Trinajstić information content (AvgIpc) is 3.02. The summed E-state index contributed by atoms with van der Waals surface area (Å²) < 4.78 is 28.5. The summed E-state index contributed by atoms with van der Waals surface area (Å²) in [5.41, 5.74) is 1.27. The van der Waals surface area contributed by atoms with Crippen molar-refractivity contribution in [3.05, 3.63) is 30.6 Å². The lowest BCUT2D eigenvalue weighted by molar-refractivity contribution is 0.155. The van der Waals surface area contributed by atoms with Gasteiger partial charge in [0.1, 0.15) is 0 Å². The van der Waals surface area contributed by atoms with Crippen LogP contribution in [0.4, 0.5) is 10.5 Å². The summed E-state index contributed by atoms with van der Waals surface area (Å²) in [7, 11) is -1.53. The second-order valence-electron chi connectivity index (χ2n) is 6.06. The number of pyridine rings is 1. The summed E-state index contributed by atoms with van der Waals surface area (Å²) in [5, 5.41) is 6.73. The summed E-state index contributed by atoms with van der Waals surface area (Å²) in [6.07, 6.45) is 3.32. The maximum Gasteiger partial charge on any atom is 0.317 e. The lowest BCUT2D eigenvalue weighted by Gasteiger charge is -2.32. The van der Waals surface area contributed by atoms with Crippen LogP contribution in [0, 0.1) is 0 Å². The van der Waals surface area contributed by atoms with Crippen LogP contribution in [0.1, 0.15) is 0 Å². The predicted octanol–water partition coefficient (Wildman–Crippen LogP) is 0.0330. The first-order chi connectivity index (χ1) is 11.9. The van der Waals surface area contributed by atoms with Gasteiger partial charge in [0.15, 0.2) is 0 Å². The predicted molar refractivity (Wildman–Crippen MR) is 95.1 cm³/mol. The number of carbonyl (C=O) groups is 1. The number of amides is 2. The maximum atomic E-state index is 12.2. The summed E-state index contributed by atoms with van der Waals surface area (Å²) in [6, 6.07) is 4.91. The van der Waals surface area contributed by atoms with Crippen LogP contribution in [0.25, 0.3) is 5.52 Å². The number of fused-ring (bicyclic) bond motifs is 1. The van der Waals surface area contributed by atoms with Crippen LogP contribution in [0.15, 0.2) is 30.6 Å². The van der Waals surface area contributed by atoms with Crippen molar-refractivity contribution < 1.29 is 13.2 Å². The number of rotatable bonds is 5. The van der Waals surface area contributed by atoms with Crippen LogP contribution >= 0.6 is 0 Å². The Labute approximate surface area is 146 Å². The quantitative estimate of drug-likeness (QED) is 0.778. The summed E-state index contributed by atoms with van der Waals surface area (Å²) in [6.45, 7) is 3.02. The number of likely N-dealkylation sites (N-methyl/N-ethyl adjacent to an activating group) is 1. The Balaban J connectivity index is 1.49. The smallest absolute Gasteiger partial charge is 0.317 e. The first kappa shape index (κ1) is 17.5. The van der Waals surface area contributed by atoms with E-state index in [4.69, 9.17) is 0 Å². The summed E-state index contributed by atoms with van der Waals surface area (Å²) in [5.74, 6) is -0.184. The van der Waals surface area contributed by atoms with E-state index in [1.807, 2.05) is 7.05 Å². The molecule has 25 heavy (non-hydrogen) atoms. The van der Waals surface area contributed by atoms with Crippen LogP contribution < -0.4 is 10.0 Å². The van der Waals surface area contributed by atoms with E-state index in [2.05, 4.69) is 20.0 Å². The number of aromatic nitrogens is 2. The van der Waals surface area contributed by atoms with Crippen LogP contribution in [-0.4, -0.2) is 79.4 Å². The number of urea groups is 1. The van der Waals surface area contributed by atoms with Crippen LogP contribution in [0.5, 0.6) is 0 Å². The summed E-state index contributed by atoms with van der Waals surface area (Å²) >= 11 is 0. The van der Waals surface area contributed by atoms with Crippen LogP contribution in [0.2, 0.25) is 0 Å². The van der Waals surface area contributed by atoms with Gasteiger partial charge in [-0.15, -0.1) is 0 Å². The zero-order chi connectivity index (χ0) is 17.9. The van der Waals surface area contributed by atoms with Gasteiger partial charge in [-0.2, -0.15) is 5.10 Å². The molecule has 2 N–H and O–H groups in total. The minimum atomic E-state index is -3.54. The van der Waals surface area contributed by atoms with Gasteiger partial charge in [-0.1, -0.05) is 0 Å². The van der Waals surface area contributed by atoms with E-state index in [1.54, 1.807) is 40.0 Å². The molecular formula is C15H22N6O3S. The molecule has 3 heterocycles. The number of hydrogen-bond donors (Lipinski definition) is 2. The average molecular weight is 366 g/mol.